The molecule has 17 heavy (non-hydrogen) atoms. The van der Waals surface area contributed by atoms with Gasteiger partial charge in [0.05, 0.1) is 18.8 Å². The fourth-order valence-electron chi connectivity index (χ4n) is 1.36. The van der Waals surface area contributed by atoms with E-state index in [9.17, 15) is 4.57 Å². The number of hydrogen-bond acceptors (Lipinski definition) is 3. The van der Waals surface area contributed by atoms with Crippen LogP contribution in [0.15, 0.2) is 30.3 Å². The van der Waals surface area contributed by atoms with Crippen molar-refractivity contribution >= 4 is 13.0 Å². The van der Waals surface area contributed by atoms with E-state index in [-0.39, 0.29) is 18.7 Å². The first-order chi connectivity index (χ1) is 8.18. The Kier molecular flexibility index (Phi) is 5.26. The van der Waals surface area contributed by atoms with Crippen molar-refractivity contribution < 1.29 is 18.4 Å². The molecule has 0 aliphatic heterocycles. The zero-order valence-electron chi connectivity index (χ0n) is 9.87. The first-order valence-corrected chi connectivity index (χ1v) is 6.89. The van der Waals surface area contributed by atoms with E-state index in [1.54, 1.807) is 38.1 Å². The fourth-order valence-corrected chi connectivity index (χ4v) is 2.93. The lowest BCUT2D eigenvalue weighted by Crippen LogP contribution is -2.09. The molecule has 0 aliphatic carbocycles. The number of rotatable bonds is 6. The Morgan fingerprint density at radius 2 is 1.76 bits per heavy atom. The molecule has 0 bridgehead atoms. The second-order valence-corrected chi connectivity index (χ2v) is 5.06. The van der Waals surface area contributed by atoms with Gasteiger partial charge in [0.2, 0.25) is 0 Å². The molecule has 0 amide bonds. The van der Waals surface area contributed by atoms with E-state index in [0.717, 1.165) is 0 Å². The van der Waals surface area contributed by atoms with Gasteiger partial charge in [0.15, 0.2) is 0 Å². The Balaban J connectivity index is 3.17. The SMILES string of the molecule is CCOP(=O)(OCC)C(=[N+]=[N-])c1ccccc1. The molecule has 6 heteroatoms. The third kappa shape index (κ3) is 3.35. The second kappa shape index (κ2) is 6.48. The number of nitrogens with zero attached hydrogens (tertiary/aromatic N) is 2. The molecule has 92 valence electrons. The van der Waals surface area contributed by atoms with E-state index in [2.05, 4.69) is 4.79 Å². The number of benzene rings is 1. The van der Waals surface area contributed by atoms with Gasteiger partial charge in [0.1, 0.15) is 0 Å². The van der Waals surface area contributed by atoms with Crippen LogP contribution in [0.25, 0.3) is 5.53 Å². The molecule has 1 aromatic rings. The van der Waals surface area contributed by atoms with E-state index in [1.165, 1.54) is 0 Å². The van der Waals surface area contributed by atoms with Gasteiger partial charge < -0.3 is 14.6 Å². The van der Waals surface area contributed by atoms with Gasteiger partial charge in [-0.25, -0.2) is 4.57 Å². The zero-order valence-corrected chi connectivity index (χ0v) is 10.8. The summed E-state index contributed by atoms with van der Waals surface area (Å²) in [5, 5.41) is 0. The summed E-state index contributed by atoms with van der Waals surface area (Å²) in [6.07, 6.45) is 0. The lowest BCUT2D eigenvalue weighted by molar-refractivity contribution is -0.00270. The van der Waals surface area contributed by atoms with Gasteiger partial charge in [0, 0.05) is 0 Å². The van der Waals surface area contributed by atoms with Crippen LogP contribution in [0.4, 0.5) is 0 Å². The van der Waals surface area contributed by atoms with Crippen LogP contribution in [-0.4, -0.2) is 23.5 Å². The highest BCUT2D eigenvalue weighted by molar-refractivity contribution is 7.72. The van der Waals surface area contributed by atoms with E-state index >= 15 is 0 Å². The maximum Gasteiger partial charge on any atom is 0.442 e. The van der Waals surface area contributed by atoms with E-state index in [1.807, 2.05) is 6.07 Å². The highest BCUT2D eigenvalue weighted by Gasteiger charge is 2.40. The van der Waals surface area contributed by atoms with E-state index < -0.39 is 7.60 Å². The van der Waals surface area contributed by atoms with Crippen LogP contribution in [0, 0.1) is 0 Å². The Morgan fingerprint density at radius 1 is 1.24 bits per heavy atom. The molecule has 0 atom stereocenters. The van der Waals surface area contributed by atoms with Crippen LogP contribution >= 0.6 is 7.60 Å². The van der Waals surface area contributed by atoms with Crippen molar-refractivity contribution in [2.24, 2.45) is 0 Å². The number of hydrogen-bond donors (Lipinski definition) is 0. The fraction of sp³-hybridized carbons (Fsp3) is 0.364. The molecule has 1 aromatic carbocycles. The smallest absolute Gasteiger partial charge is 0.360 e. The van der Waals surface area contributed by atoms with E-state index in [4.69, 9.17) is 14.6 Å². The van der Waals surface area contributed by atoms with Gasteiger partial charge in [-0.2, -0.15) is 4.79 Å². The molecule has 0 saturated heterocycles. The predicted molar refractivity (Wildman–Crippen MR) is 65.0 cm³/mol. The third-order valence-corrected chi connectivity index (χ3v) is 4.05. The molecule has 0 aliphatic rings. The molecule has 0 radical (unpaired) electrons. The molecule has 0 aromatic heterocycles. The van der Waals surface area contributed by atoms with Gasteiger partial charge in [-0.15, -0.1) is 0 Å². The van der Waals surface area contributed by atoms with Gasteiger partial charge >= 0.3 is 13.0 Å². The minimum atomic E-state index is -3.55. The second-order valence-electron chi connectivity index (χ2n) is 3.12. The molecule has 5 nitrogen and oxygen atoms in total. The summed E-state index contributed by atoms with van der Waals surface area (Å²) >= 11 is 0. The van der Waals surface area contributed by atoms with Crippen LogP contribution in [0.5, 0.6) is 0 Å². The predicted octanol–water partition coefficient (Wildman–Crippen LogP) is 2.93. The maximum atomic E-state index is 12.4. The molecule has 0 saturated carbocycles. The Bertz CT molecular complexity index is 445. The first-order valence-electron chi connectivity index (χ1n) is 5.35. The van der Waals surface area contributed by atoms with Gasteiger partial charge in [-0.3, -0.25) is 0 Å². The molecule has 0 heterocycles. The Hall–Kier alpha value is -1.25. The molecular weight excluding hydrogens is 239 g/mol. The Morgan fingerprint density at radius 3 is 2.18 bits per heavy atom. The first kappa shape index (κ1) is 13.8. The average Bonchev–Trinajstić information content (AvgIpc) is 2.31. The minimum absolute atomic E-state index is 0.0678. The van der Waals surface area contributed by atoms with Crippen LogP contribution in [-0.2, 0) is 13.6 Å². The van der Waals surface area contributed by atoms with Crippen molar-refractivity contribution in [2.75, 3.05) is 13.2 Å². The van der Waals surface area contributed by atoms with Crippen LogP contribution in [0.2, 0.25) is 0 Å². The van der Waals surface area contributed by atoms with Gasteiger partial charge in [-0.05, 0) is 26.0 Å². The van der Waals surface area contributed by atoms with Crippen molar-refractivity contribution in [3.63, 3.8) is 0 Å². The molecule has 0 unspecified atom stereocenters. The minimum Gasteiger partial charge on any atom is -0.360 e. The van der Waals surface area contributed by atoms with Crippen LogP contribution < -0.4 is 0 Å². The largest absolute Gasteiger partial charge is 0.442 e. The average molecular weight is 254 g/mol. The van der Waals surface area contributed by atoms with Crippen molar-refractivity contribution in [1.29, 1.82) is 0 Å². The summed E-state index contributed by atoms with van der Waals surface area (Å²) in [5.41, 5.74) is 9.47. The monoisotopic (exact) mass is 254 g/mol. The van der Waals surface area contributed by atoms with Crippen molar-refractivity contribution in [1.82, 2.24) is 0 Å². The van der Waals surface area contributed by atoms with E-state index in [0.29, 0.717) is 5.56 Å². The summed E-state index contributed by atoms with van der Waals surface area (Å²) in [4.78, 5) is 3.07. The van der Waals surface area contributed by atoms with Gasteiger partial charge in [-0.1, -0.05) is 18.2 Å². The highest BCUT2D eigenvalue weighted by atomic mass is 31.2. The quantitative estimate of drug-likeness (QED) is 0.339. The van der Waals surface area contributed by atoms with Crippen LogP contribution in [0.3, 0.4) is 0 Å². The highest BCUT2D eigenvalue weighted by Crippen LogP contribution is 2.50. The zero-order chi connectivity index (χ0) is 12.7. The van der Waals surface area contributed by atoms with Crippen LogP contribution in [0.1, 0.15) is 19.4 Å². The molecule has 0 spiro atoms. The summed E-state index contributed by atoms with van der Waals surface area (Å²) < 4.78 is 22.6. The normalized spacial score (nSPS) is 10.9. The molecule has 0 fully saturated rings. The molecular formula is C11H15N2O3P. The standard InChI is InChI=1S/C11H15N2O3P/c1-3-15-17(14,16-4-2)11(13-12)10-8-6-5-7-9-10/h5-9H,3-4H2,1-2H3. The summed E-state index contributed by atoms with van der Waals surface area (Å²) in [6, 6.07) is 8.68. The van der Waals surface area contributed by atoms with Gasteiger partial charge in [0.25, 0.3) is 0 Å². The summed E-state index contributed by atoms with van der Waals surface area (Å²) in [5.74, 6) is 0. The summed E-state index contributed by atoms with van der Waals surface area (Å²) in [6.45, 7) is 3.82. The Labute approximate surface area is 101 Å². The van der Waals surface area contributed by atoms with Crippen molar-refractivity contribution in [3.05, 3.63) is 41.4 Å². The third-order valence-electron chi connectivity index (χ3n) is 1.98. The molecule has 0 N–H and O–H groups in total. The lowest BCUT2D eigenvalue weighted by atomic mass is 10.2. The lowest BCUT2D eigenvalue weighted by Gasteiger charge is -2.12. The van der Waals surface area contributed by atoms with Crippen molar-refractivity contribution in [2.45, 2.75) is 13.8 Å². The van der Waals surface area contributed by atoms with Crippen molar-refractivity contribution in [3.8, 4) is 0 Å². The molecule has 1 rings (SSSR count). The summed E-state index contributed by atoms with van der Waals surface area (Å²) in [7, 11) is -3.55. The topological polar surface area (TPSA) is 71.9 Å². The maximum absolute atomic E-state index is 12.4.